The second-order valence-corrected chi connectivity index (χ2v) is 3.78. The number of anilines is 1. The van der Waals surface area contributed by atoms with E-state index < -0.39 is 4.92 Å². The average molecular weight is 224 g/mol. The summed E-state index contributed by atoms with van der Waals surface area (Å²) in [6, 6.07) is 3.09. The molecule has 0 amide bonds. The highest BCUT2D eigenvalue weighted by molar-refractivity contribution is 5.69. The summed E-state index contributed by atoms with van der Waals surface area (Å²) in [5, 5.41) is 13.9. The summed E-state index contributed by atoms with van der Waals surface area (Å²) in [6.45, 7) is 3.93. The van der Waals surface area contributed by atoms with Crippen molar-refractivity contribution in [2.24, 2.45) is 0 Å². The maximum atomic E-state index is 10.9. The smallest absolute Gasteiger partial charge is 0.296 e. The third kappa shape index (κ3) is 1.86. The minimum absolute atomic E-state index is 0.00190. The first-order chi connectivity index (χ1) is 7.58. The van der Waals surface area contributed by atoms with E-state index in [9.17, 15) is 10.1 Å². The van der Waals surface area contributed by atoms with Gasteiger partial charge in [0, 0.05) is 12.1 Å². The van der Waals surface area contributed by atoms with Gasteiger partial charge in [-0.15, -0.1) is 0 Å². The third-order valence-electron chi connectivity index (χ3n) is 2.13. The van der Waals surface area contributed by atoms with Gasteiger partial charge in [-0.05, 0) is 13.8 Å². The van der Waals surface area contributed by atoms with E-state index in [2.05, 4.69) is 5.32 Å². The number of rotatable bonds is 3. The Hall–Kier alpha value is -1.98. The van der Waals surface area contributed by atoms with Crippen molar-refractivity contribution in [3.8, 4) is 11.5 Å². The monoisotopic (exact) mass is 224 g/mol. The molecule has 0 radical (unpaired) electrons. The van der Waals surface area contributed by atoms with Crippen LogP contribution in [0.4, 0.5) is 11.4 Å². The number of ether oxygens (including phenoxy) is 2. The summed E-state index contributed by atoms with van der Waals surface area (Å²) >= 11 is 0. The fourth-order valence-electron chi connectivity index (χ4n) is 1.51. The number of nitrogens with zero attached hydrogens (tertiary/aromatic N) is 1. The number of nitro groups is 1. The Kier molecular flexibility index (Phi) is 2.55. The summed E-state index contributed by atoms with van der Waals surface area (Å²) < 4.78 is 10.3. The zero-order chi connectivity index (χ0) is 11.7. The molecule has 0 unspecified atom stereocenters. The Morgan fingerprint density at radius 3 is 2.56 bits per heavy atom. The summed E-state index contributed by atoms with van der Waals surface area (Å²) in [6.07, 6.45) is 0. The maximum absolute atomic E-state index is 10.9. The molecule has 6 nitrogen and oxygen atoms in total. The van der Waals surface area contributed by atoms with Crippen LogP contribution in [0.5, 0.6) is 11.5 Å². The normalized spacial score (nSPS) is 12.9. The maximum Gasteiger partial charge on any atom is 0.296 e. The highest BCUT2D eigenvalue weighted by atomic mass is 16.7. The molecule has 6 heteroatoms. The molecule has 16 heavy (non-hydrogen) atoms. The van der Waals surface area contributed by atoms with Gasteiger partial charge in [0.2, 0.25) is 6.79 Å². The molecule has 0 saturated carbocycles. The van der Waals surface area contributed by atoms with E-state index in [4.69, 9.17) is 9.47 Å². The Labute approximate surface area is 92.3 Å². The molecule has 1 heterocycles. The van der Waals surface area contributed by atoms with E-state index in [-0.39, 0.29) is 18.5 Å². The van der Waals surface area contributed by atoms with Crippen LogP contribution in [0.25, 0.3) is 0 Å². The standard InChI is InChI=1S/C10H12N2O4/c1-6(2)11-7-3-9-10(16-5-15-9)4-8(7)12(13)14/h3-4,6,11H,5H2,1-2H3. The van der Waals surface area contributed by atoms with Crippen LogP contribution >= 0.6 is 0 Å². The van der Waals surface area contributed by atoms with Crippen LogP contribution in [0, 0.1) is 10.1 Å². The highest BCUT2D eigenvalue weighted by Crippen LogP contribution is 2.40. The molecular weight excluding hydrogens is 212 g/mol. The van der Waals surface area contributed by atoms with Gasteiger partial charge in [0.05, 0.1) is 11.0 Å². The van der Waals surface area contributed by atoms with Crippen LogP contribution < -0.4 is 14.8 Å². The van der Waals surface area contributed by atoms with Gasteiger partial charge in [-0.2, -0.15) is 0 Å². The molecule has 1 N–H and O–H groups in total. The van der Waals surface area contributed by atoms with Crippen molar-refractivity contribution in [3.05, 3.63) is 22.2 Å². The summed E-state index contributed by atoms with van der Waals surface area (Å²) in [4.78, 5) is 10.4. The SMILES string of the molecule is CC(C)Nc1cc2c(cc1[N+](=O)[O-])OCO2. The topological polar surface area (TPSA) is 73.6 Å². The minimum atomic E-state index is -0.438. The first-order valence-corrected chi connectivity index (χ1v) is 4.92. The lowest BCUT2D eigenvalue weighted by atomic mass is 10.2. The molecule has 86 valence electrons. The first kappa shape index (κ1) is 10.5. The van der Waals surface area contributed by atoms with Crippen molar-refractivity contribution in [1.82, 2.24) is 0 Å². The van der Waals surface area contributed by atoms with E-state index >= 15 is 0 Å². The average Bonchev–Trinajstić information content (AvgIpc) is 2.62. The number of hydrogen-bond donors (Lipinski definition) is 1. The van der Waals surface area contributed by atoms with E-state index in [0.717, 1.165) is 0 Å². The molecule has 1 aromatic rings. The lowest BCUT2D eigenvalue weighted by molar-refractivity contribution is -0.384. The molecule has 0 aliphatic carbocycles. The number of fused-ring (bicyclic) bond motifs is 1. The third-order valence-corrected chi connectivity index (χ3v) is 2.13. The molecule has 0 atom stereocenters. The van der Waals surface area contributed by atoms with Crippen LogP contribution in [0.3, 0.4) is 0 Å². The van der Waals surface area contributed by atoms with Crippen LogP contribution in [-0.2, 0) is 0 Å². The van der Waals surface area contributed by atoms with E-state index in [1.165, 1.54) is 6.07 Å². The largest absolute Gasteiger partial charge is 0.454 e. The highest BCUT2D eigenvalue weighted by Gasteiger charge is 2.23. The zero-order valence-electron chi connectivity index (χ0n) is 9.02. The number of nitro benzene ring substituents is 1. The van der Waals surface area contributed by atoms with Crippen molar-refractivity contribution < 1.29 is 14.4 Å². The minimum Gasteiger partial charge on any atom is -0.454 e. The second kappa shape index (κ2) is 3.88. The predicted octanol–water partition coefficient (Wildman–Crippen LogP) is 2.14. The fraction of sp³-hybridized carbons (Fsp3) is 0.400. The van der Waals surface area contributed by atoms with Gasteiger partial charge in [-0.1, -0.05) is 0 Å². The van der Waals surface area contributed by atoms with Crippen LogP contribution in [0.2, 0.25) is 0 Å². The molecule has 0 bridgehead atoms. The molecule has 0 aromatic heterocycles. The van der Waals surface area contributed by atoms with Crippen molar-refractivity contribution in [2.75, 3.05) is 12.1 Å². The van der Waals surface area contributed by atoms with E-state index in [1.54, 1.807) is 6.07 Å². The summed E-state index contributed by atoms with van der Waals surface area (Å²) in [5.74, 6) is 0.953. The lowest BCUT2D eigenvalue weighted by Gasteiger charge is -2.10. The quantitative estimate of drug-likeness (QED) is 0.629. The van der Waals surface area contributed by atoms with Gasteiger partial charge in [0.25, 0.3) is 5.69 Å². The Morgan fingerprint density at radius 2 is 2.00 bits per heavy atom. The van der Waals surface area contributed by atoms with Crippen LogP contribution in [0.1, 0.15) is 13.8 Å². The zero-order valence-corrected chi connectivity index (χ0v) is 9.02. The summed E-state index contributed by atoms with van der Waals surface area (Å²) in [7, 11) is 0. The Bertz CT molecular complexity index is 431. The number of nitrogens with one attached hydrogen (secondary N) is 1. The van der Waals surface area contributed by atoms with Crippen LogP contribution in [0.15, 0.2) is 12.1 Å². The Morgan fingerprint density at radius 1 is 1.38 bits per heavy atom. The van der Waals surface area contributed by atoms with Crippen molar-refractivity contribution >= 4 is 11.4 Å². The van der Waals surface area contributed by atoms with Gasteiger partial charge in [0.15, 0.2) is 11.5 Å². The van der Waals surface area contributed by atoms with Gasteiger partial charge in [0.1, 0.15) is 5.69 Å². The molecule has 0 spiro atoms. The van der Waals surface area contributed by atoms with E-state index in [1.807, 2.05) is 13.8 Å². The molecule has 1 aromatic carbocycles. The van der Waals surface area contributed by atoms with E-state index in [0.29, 0.717) is 17.2 Å². The molecular formula is C10H12N2O4. The summed E-state index contributed by atoms with van der Waals surface area (Å²) in [5.41, 5.74) is 0.446. The second-order valence-electron chi connectivity index (χ2n) is 3.78. The van der Waals surface area contributed by atoms with Gasteiger partial charge in [-0.3, -0.25) is 10.1 Å². The lowest BCUT2D eigenvalue weighted by Crippen LogP contribution is -2.11. The molecule has 0 fully saturated rings. The van der Waals surface area contributed by atoms with Crippen molar-refractivity contribution in [3.63, 3.8) is 0 Å². The molecule has 2 rings (SSSR count). The predicted molar refractivity (Wildman–Crippen MR) is 58.0 cm³/mol. The molecule has 1 aliphatic heterocycles. The first-order valence-electron chi connectivity index (χ1n) is 4.92. The van der Waals surface area contributed by atoms with Crippen LogP contribution in [-0.4, -0.2) is 17.8 Å². The Balaban J connectivity index is 2.44. The molecule has 0 saturated heterocycles. The number of hydrogen-bond acceptors (Lipinski definition) is 5. The van der Waals surface area contributed by atoms with Crippen molar-refractivity contribution in [2.45, 2.75) is 19.9 Å². The molecule has 1 aliphatic rings. The van der Waals surface area contributed by atoms with Gasteiger partial charge < -0.3 is 14.8 Å². The van der Waals surface area contributed by atoms with Crippen molar-refractivity contribution in [1.29, 1.82) is 0 Å². The van der Waals surface area contributed by atoms with Gasteiger partial charge >= 0.3 is 0 Å². The van der Waals surface area contributed by atoms with Gasteiger partial charge in [-0.25, -0.2) is 0 Å². The number of benzene rings is 1. The fourth-order valence-corrected chi connectivity index (χ4v) is 1.51.